The van der Waals surface area contributed by atoms with E-state index in [0.717, 1.165) is 7.11 Å². The number of nitrogens with one attached hydrogen (secondary N) is 1. The molecule has 1 aromatic rings. The number of hydrogen-bond acceptors (Lipinski definition) is 7. The third-order valence-electron chi connectivity index (χ3n) is 2.30. The van der Waals surface area contributed by atoms with Crippen LogP contribution in [0.25, 0.3) is 0 Å². The highest BCUT2D eigenvalue weighted by Crippen LogP contribution is 2.27. The first kappa shape index (κ1) is 14.7. The van der Waals surface area contributed by atoms with Crippen molar-refractivity contribution in [1.82, 2.24) is 10.3 Å². The molecule has 8 heteroatoms. The topological polar surface area (TPSA) is 118 Å². The molecular formula is C11H14N2O6. The lowest BCUT2D eigenvalue weighted by Gasteiger charge is -2.14. The molecule has 0 saturated carbocycles. The van der Waals surface area contributed by atoms with Gasteiger partial charge in [-0.2, -0.15) is 0 Å². The highest BCUT2D eigenvalue weighted by atomic mass is 16.5. The number of rotatable bonds is 5. The van der Waals surface area contributed by atoms with Crippen LogP contribution in [0, 0.1) is 0 Å². The van der Waals surface area contributed by atoms with Crippen molar-refractivity contribution >= 4 is 11.9 Å². The number of aliphatic hydroxyl groups excluding tert-OH is 1. The fraction of sp³-hybridized carbons (Fsp3) is 0.364. The zero-order chi connectivity index (χ0) is 14.4. The maximum absolute atomic E-state index is 11.8. The molecule has 1 rings (SSSR count). The lowest BCUT2D eigenvalue weighted by atomic mass is 10.2. The zero-order valence-corrected chi connectivity index (χ0v) is 10.4. The number of ether oxygens (including phenoxy) is 2. The van der Waals surface area contributed by atoms with Crippen LogP contribution in [-0.4, -0.2) is 53.9 Å². The molecule has 1 aromatic heterocycles. The molecule has 1 heterocycles. The van der Waals surface area contributed by atoms with Crippen molar-refractivity contribution in [2.75, 3.05) is 20.8 Å². The zero-order valence-electron chi connectivity index (χ0n) is 10.4. The van der Waals surface area contributed by atoms with Gasteiger partial charge in [0.05, 0.1) is 20.8 Å². The van der Waals surface area contributed by atoms with E-state index in [1.807, 2.05) is 0 Å². The monoisotopic (exact) mass is 270 g/mol. The molecule has 0 radical (unpaired) electrons. The summed E-state index contributed by atoms with van der Waals surface area (Å²) in [6.45, 7) is -0.636. The van der Waals surface area contributed by atoms with Gasteiger partial charge in [0.2, 0.25) is 0 Å². The number of carbonyl (C=O) groups excluding carboxylic acids is 2. The molecule has 0 fully saturated rings. The van der Waals surface area contributed by atoms with Crippen molar-refractivity contribution in [3.8, 4) is 11.5 Å². The summed E-state index contributed by atoms with van der Waals surface area (Å²) in [6.07, 6.45) is 1.26. The van der Waals surface area contributed by atoms with Gasteiger partial charge in [-0.05, 0) is 0 Å². The second-order valence-corrected chi connectivity index (χ2v) is 3.44. The average molecular weight is 270 g/mol. The Morgan fingerprint density at radius 2 is 2.16 bits per heavy atom. The number of esters is 1. The first-order valence-electron chi connectivity index (χ1n) is 5.26. The molecule has 8 nitrogen and oxygen atoms in total. The number of aromatic nitrogens is 1. The molecule has 19 heavy (non-hydrogen) atoms. The summed E-state index contributed by atoms with van der Waals surface area (Å²) in [5.41, 5.74) is -0.318. The second-order valence-electron chi connectivity index (χ2n) is 3.44. The molecule has 104 valence electrons. The molecule has 0 aromatic carbocycles. The Balaban J connectivity index is 2.92. The third kappa shape index (κ3) is 3.32. The van der Waals surface area contributed by atoms with E-state index >= 15 is 0 Å². The van der Waals surface area contributed by atoms with Gasteiger partial charge in [0.15, 0.2) is 23.2 Å². The molecule has 1 unspecified atom stereocenters. The normalized spacial score (nSPS) is 11.5. The van der Waals surface area contributed by atoms with Crippen LogP contribution in [0.1, 0.15) is 10.5 Å². The fourth-order valence-corrected chi connectivity index (χ4v) is 1.32. The van der Waals surface area contributed by atoms with Crippen LogP contribution in [0.2, 0.25) is 0 Å². The van der Waals surface area contributed by atoms with Gasteiger partial charge in [0.25, 0.3) is 5.91 Å². The summed E-state index contributed by atoms with van der Waals surface area (Å²) in [7, 11) is 2.44. The minimum Gasteiger partial charge on any atom is -0.503 e. The van der Waals surface area contributed by atoms with Crippen LogP contribution in [0.5, 0.6) is 11.5 Å². The molecule has 0 aliphatic carbocycles. The van der Waals surface area contributed by atoms with Crippen LogP contribution in [0.4, 0.5) is 0 Å². The smallest absolute Gasteiger partial charge is 0.330 e. The summed E-state index contributed by atoms with van der Waals surface area (Å²) >= 11 is 0. The molecule has 1 atom stereocenters. The molecule has 0 saturated heterocycles. The number of carbonyl (C=O) groups is 2. The van der Waals surface area contributed by atoms with Gasteiger partial charge in [-0.25, -0.2) is 9.78 Å². The Hall–Kier alpha value is -2.35. The van der Waals surface area contributed by atoms with Crippen molar-refractivity contribution in [3.63, 3.8) is 0 Å². The van der Waals surface area contributed by atoms with Crippen molar-refractivity contribution in [1.29, 1.82) is 0 Å². The minimum absolute atomic E-state index is 0.0683. The van der Waals surface area contributed by atoms with E-state index in [0.29, 0.717) is 0 Å². The van der Waals surface area contributed by atoms with E-state index in [1.165, 1.54) is 19.4 Å². The van der Waals surface area contributed by atoms with Gasteiger partial charge in [-0.15, -0.1) is 0 Å². The Morgan fingerprint density at radius 3 is 2.68 bits per heavy atom. The Bertz CT molecular complexity index is 476. The summed E-state index contributed by atoms with van der Waals surface area (Å²) < 4.78 is 9.22. The molecular weight excluding hydrogens is 256 g/mol. The van der Waals surface area contributed by atoms with Crippen LogP contribution in [0.3, 0.4) is 0 Å². The van der Waals surface area contributed by atoms with E-state index in [2.05, 4.69) is 15.0 Å². The fourth-order valence-electron chi connectivity index (χ4n) is 1.32. The quantitative estimate of drug-likeness (QED) is 0.591. The van der Waals surface area contributed by atoms with Crippen molar-refractivity contribution in [2.45, 2.75) is 6.04 Å². The predicted molar refractivity (Wildman–Crippen MR) is 62.8 cm³/mol. The summed E-state index contributed by atoms with van der Waals surface area (Å²) in [5.74, 6) is -2.03. The van der Waals surface area contributed by atoms with Gasteiger partial charge < -0.3 is 25.0 Å². The van der Waals surface area contributed by atoms with Crippen LogP contribution < -0.4 is 10.1 Å². The molecule has 0 aliphatic heterocycles. The second kappa shape index (κ2) is 6.55. The van der Waals surface area contributed by atoms with E-state index in [1.54, 1.807) is 0 Å². The molecule has 1 amide bonds. The number of methoxy groups -OCH3 is 2. The van der Waals surface area contributed by atoms with Crippen LogP contribution >= 0.6 is 0 Å². The van der Waals surface area contributed by atoms with E-state index in [4.69, 9.17) is 9.84 Å². The van der Waals surface area contributed by atoms with Crippen molar-refractivity contribution < 1.29 is 29.3 Å². The first-order valence-corrected chi connectivity index (χ1v) is 5.26. The molecule has 0 bridgehead atoms. The number of pyridine rings is 1. The number of aromatic hydroxyl groups is 1. The highest BCUT2D eigenvalue weighted by molar-refractivity contribution is 5.97. The van der Waals surface area contributed by atoms with Crippen LogP contribution in [-0.2, 0) is 9.53 Å². The highest BCUT2D eigenvalue weighted by Gasteiger charge is 2.24. The Labute approximate surface area is 109 Å². The summed E-state index contributed by atoms with van der Waals surface area (Å²) in [4.78, 5) is 26.7. The summed E-state index contributed by atoms with van der Waals surface area (Å²) in [6, 6.07) is 0.139. The van der Waals surface area contributed by atoms with Gasteiger partial charge >= 0.3 is 5.97 Å². The van der Waals surface area contributed by atoms with Crippen molar-refractivity contribution in [3.05, 3.63) is 18.0 Å². The van der Waals surface area contributed by atoms with Gasteiger partial charge in [-0.1, -0.05) is 0 Å². The Morgan fingerprint density at radius 1 is 1.47 bits per heavy atom. The SMILES string of the molecule is COC(=O)C(CO)NC(=O)c1nccc(OC)c1O. The van der Waals surface area contributed by atoms with E-state index in [-0.39, 0.29) is 11.4 Å². The van der Waals surface area contributed by atoms with Crippen molar-refractivity contribution in [2.24, 2.45) is 0 Å². The van der Waals surface area contributed by atoms with E-state index < -0.39 is 30.3 Å². The third-order valence-corrected chi connectivity index (χ3v) is 2.30. The predicted octanol–water partition coefficient (Wildman–Crippen LogP) is -0.941. The van der Waals surface area contributed by atoms with Gasteiger partial charge in [-0.3, -0.25) is 4.79 Å². The number of amides is 1. The maximum atomic E-state index is 11.8. The Kier molecular flexibility index (Phi) is 5.07. The van der Waals surface area contributed by atoms with Gasteiger partial charge in [0.1, 0.15) is 0 Å². The van der Waals surface area contributed by atoms with Gasteiger partial charge in [0, 0.05) is 12.3 Å². The largest absolute Gasteiger partial charge is 0.503 e. The van der Waals surface area contributed by atoms with E-state index in [9.17, 15) is 14.7 Å². The van der Waals surface area contributed by atoms with Crippen LogP contribution in [0.15, 0.2) is 12.3 Å². The number of hydrogen-bond donors (Lipinski definition) is 3. The molecule has 0 aliphatic rings. The lowest BCUT2D eigenvalue weighted by molar-refractivity contribution is -0.143. The molecule has 0 spiro atoms. The standard InChI is InChI=1S/C11H14N2O6/c1-18-7-3-4-12-8(9(7)15)10(16)13-6(5-14)11(17)19-2/h3-4,6,14-15H,5H2,1-2H3,(H,13,16). The maximum Gasteiger partial charge on any atom is 0.330 e. The minimum atomic E-state index is -1.23. The number of aliphatic hydroxyl groups is 1. The summed E-state index contributed by atoms with van der Waals surface area (Å²) in [5, 5.41) is 20.9. The lowest BCUT2D eigenvalue weighted by Crippen LogP contribution is -2.44. The average Bonchev–Trinajstić information content (AvgIpc) is 2.43. The molecule has 3 N–H and O–H groups in total. The first-order chi connectivity index (χ1) is 9.04. The number of nitrogens with zero attached hydrogens (tertiary/aromatic N) is 1.